The van der Waals surface area contributed by atoms with Crippen molar-refractivity contribution >= 4 is 27.5 Å². The van der Waals surface area contributed by atoms with Crippen LogP contribution in [-0.4, -0.2) is 44.2 Å². The monoisotopic (exact) mass is 478 g/mol. The summed E-state index contributed by atoms with van der Waals surface area (Å²) in [5, 5.41) is 0. The van der Waals surface area contributed by atoms with Gasteiger partial charge in [0.05, 0.1) is 24.1 Å². The summed E-state index contributed by atoms with van der Waals surface area (Å²) in [4.78, 5) is 27.4. The Bertz CT molecular complexity index is 1270. The second-order valence-electron chi connectivity index (χ2n) is 8.15. The van der Waals surface area contributed by atoms with Gasteiger partial charge in [-0.25, -0.2) is 13.3 Å². The molecule has 1 aliphatic rings. The van der Waals surface area contributed by atoms with E-state index in [1.54, 1.807) is 24.3 Å². The van der Waals surface area contributed by atoms with Crippen LogP contribution < -0.4 is 9.64 Å². The van der Waals surface area contributed by atoms with Crippen LogP contribution >= 0.6 is 0 Å². The molecule has 0 aromatic heterocycles. The van der Waals surface area contributed by atoms with Gasteiger partial charge in [0.1, 0.15) is 11.8 Å². The maximum absolute atomic E-state index is 13.7. The molecule has 0 N–H and O–H groups in total. The van der Waals surface area contributed by atoms with Crippen molar-refractivity contribution in [3.8, 4) is 5.75 Å². The average molecular weight is 479 g/mol. The van der Waals surface area contributed by atoms with Crippen LogP contribution in [0.4, 0.5) is 5.69 Å². The van der Waals surface area contributed by atoms with Crippen LogP contribution in [0.3, 0.4) is 0 Å². The molecule has 34 heavy (non-hydrogen) atoms. The highest BCUT2D eigenvalue weighted by Gasteiger charge is 2.46. The summed E-state index contributed by atoms with van der Waals surface area (Å²) in [6, 6.07) is 21.3. The number of nitrogens with zero attached hydrogens (tertiary/aromatic N) is 2. The van der Waals surface area contributed by atoms with Crippen molar-refractivity contribution in [1.29, 1.82) is 0 Å². The minimum Gasteiger partial charge on any atom is -0.497 e. The molecule has 1 atom stereocenters. The Morgan fingerprint density at radius 2 is 1.59 bits per heavy atom. The molecule has 7 nitrogen and oxygen atoms in total. The summed E-state index contributed by atoms with van der Waals surface area (Å²) >= 11 is 0. The highest BCUT2D eigenvalue weighted by Crippen LogP contribution is 2.30. The first-order chi connectivity index (χ1) is 16.3. The largest absolute Gasteiger partial charge is 0.497 e. The molecule has 176 valence electrons. The zero-order valence-electron chi connectivity index (χ0n) is 19.0. The summed E-state index contributed by atoms with van der Waals surface area (Å²) in [7, 11) is -2.57. The van der Waals surface area contributed by atoms with Crippen LogP contribution in [0.15, 0.2) is 83.8 Å². The van der Waals surface area contributed by atoms with E-state index in [-0.39, 0.29) is 17.9 Å². The van der Waals surface area contributed by atoms with E-state index in [1.165, 1.54) is 19.2 Å². The normalized spacial score (nSPS) is 16.3. The Hall–Kier alpha value is -3.49. The Kier molecular flexibility index (Phi) is 6.81. The SMILES string of the molecule is COc1ccc(S(=O)(=O)N(CCc2ccccc2)C2CC(=O)N(c3ccc(C)cc3)C2=O)cc1. The van der Waals surface area contributed by atoms with E-state index in [1.807, 2.05) is 49.4 Å². The molecule has 0 spiro atoms. The van der Waals surface area contributed by atoms with Crippen LogP contribution in [0.5, 0.6) is 5.75 Å². The van der Waals surface area contributed by atoms with Gasteiger partial charge < -0.3 is 4.74 Å². The van der Waals surface area contributed by atoms with Crippen molar-refractivity contribution < 1.29 is 22.7 Å². The molecular weight excluding hydrogens is 452 g/mol. The molecular formula is C26H26N2O5S. The number of hydrogen-bond donors (Lipinski definition) is 0. The van der Waals surface area contributed by atoms with Gasteiger partial charge in [0.25, 0.3) is 5.91 Å². The zero-order valence-corrected chi connectivity index (χ0v) is 19.9. The molecule has 0 bridgehead atoms. The molecule has 4 rings (SSSR count). The van der Waals surface area contributed by atoms with E-state index in [0.717, 1.165) is 20.3 Å². The number of carbonyl (C=O) groups is 2. The summed E-state index contributed by atoms with van der Waals surface area (Å²) < 4.78 is 33.7. The molecule has 3 aromatic carbocycles. The number of imide groups is 1. The average Bonchev–Trinajstić information content (AvgIpc) is 3.13. The number of benzene rings is 3. The van der Waals surface area contributed by atoms with Gasteiger partial charge in [-0.1, -0.05) is 48.0 Å². The number of ether oxygens (including phenoxy) is 1. The lowest BCUT2D eigenvalue weighted by Gasteiger charge is -2.27. The van der Waals surface area contributed by atoms with E-state index in [9.17, 15) is 18.0 Å². The van der Waals surface area contributed by atoms with Gasteiger partial charge in [0.15, 0.2) is 0 Å². The molecule has 0 saturated carbocycles. The van der Waals surface area contributed by atoms with E-state index < -0.39 is 27.9 Å². The van der Waals surface area contributed by atoms with Crippen LogP contribution in [0.1, 0.15) is 17.5 Å². The van der Waals surface area contributed by atoms with Crippen molar-refractivity contribution in [2.45, 2.75) is 30.7 Å². The van der Waals surface area contributed by atoms with Crippen molar-refractivity contribution in [1.82, 2.24) is 4.31 Å². The summed E-state index contributed by atoms with van der Waals surface area (Å²) in [5.74, 6) is -0.444. The van der Waals surface area contributed by atoms with Crippen LogP contribution in [-0.2, 0) is 26.0 Å². The summed E-state index contributed by atoms with van der Waals surface area (Å²) in [5.41, 5.74) is 2.36. The molecule has 1 unspecified atom stereocenters. The predicted molar refractivity (Wildman–Crippen MR) is 129 cm³/mol. The molecule has 0 aliphatic carbocycles. The zero-order chi connectivity index (χ0) is 24.3. The van der Waals surface area contributed by atoms with E-state index >= 15 is 0 Å². The van der Waals surface area contributed by atoms with Gasteiger partial charge in [0.2, 0.25) is 15.9 Å². The van der Waals surface area contributed by atoms with Gasteiger partial charge in [-0.05, 0) is 55.3 Å². The van der Waals surface area contributed by atoms with Crippen LogP contribution in [0.25, 0.3) is 0 Å². The number of rotatable bonds is 8. The maximum atomic E-state index is 13.7. The Balaban J connectivity index is 1.69. The number of carbonyl (C=O) groups excluding carboxylic acids is 2. The van der Waals surface area contributed by atoms with Crippen LogP contribution in [0.2, 0.25) is 0 Å². The number of aryl methyl sites for hydroxylation is 1. The number of sulfonamides is 1. The van der Waals surface area contributed by atoms with Gasteiger partial charge in [-0.15, -0.1) is 0 Å². The molecule has 1 fully saturated rings. The molecule has 8 heteroatoms. The molecule has 0 radical (unpaired) electrons. The highest BCUT2D eigenvalue weighted by atomic mass is 32.2. The second kappa shape index (κ2) is 9.79. The van der Waals surface area contributed by atoms with Gasteiger partial charge in [-0.3, -0.25) is 9.59 Å². The summed E-state index contributed by atoms with van der Waals surface area (Å²) in [6.07, 6.45) is 0.190. The fraction of sp³-hybridized carbons (Fsp3) is 0.231. The minimum atomic E-state index is -4.07. The predicted octanol–water partition coefficient (Wildman–Crippen LogP) is 3.57. The standard InChI is InChI=1S/C26H26N2O5S/c1-19-8-10-21(11-9-19)28-25(29)18-24(26(28)30)27(17-16-20-6-4-3-5-7-20)34(31,32)23-14-12-22(33-2)13-15-23/h3-15,24H,16-18H2,1-2H3. The minimum absolute atomic E-state index is 0.0374. The van der Waals surface area contributed by atoms with Crippen molar-refractivity contribution in [3.05, 3.63) is 90.0 Å². The molecule has 1 heterocycles. The van der Waals surface area contributed by atoms with Gasteiger partial charge in [0, 0.05) is 6.54 Å². The Labute approximate surface area is 199 Å². The van der Waals surface area contributed by atoms with Crippen molar-refractivity contribution in [3.63, 3.8) is 0 Å². The molecule has 2 amide bonds. The highest BCUT2D eigenvalue weighted by molar-refractivity contribution is 7.89. The van der Waals surface area contributed by atoms with E-state index in [2.05, 4.69) is 0 Å². The molecule has 3 aromatic rings. The fourth-order valence-corrected chi connectivity index (χ4v) is 5.60. The van der Waals surface area contributed by atoms with E-state index in [0.29, 0.717) is 17.9 Å². The summed E-state index contributed by atoms with van der Waals surface area (Å²) in [6.45, 7) is 1.97. The first-order valence-corrected chi connectivity index (χ1v) is 12.4. The van der Waals surface area contributed by atoms with Crippen molar-refractivity contribution in [2.75, 3.05) is 18.6 Å². The smallest absolute Gasteiger partial charge is 0.252 e. The fourth-order valence-electron chi connectivity index (χ4n) is 4.02. The Morgan fingerprint density at radius 3 is 2.21 bits per heavy atom. The third-order valence-corrected chi connectivity index (χ3v) is 7.81. The Morgan fingerprint density at radius 1 is 0.941 bits per heavy atom. The maximum Gasteiger partial charge on any atom is 0.252 e. The number of hydrogen-bond acceptors (Lipinski definition) is 5. The third kappa shape index (κ3) is 4.73. The van der Waals surface area contributed by atoms with Crippen molar-refractivity contribution in [2.24, 2.45) is 0 Å². The number of amides is 2. The van der Waals surface area contributed by atoms with Gasteiger partial charge >= 0.3 is 0 Å². The quantitative estimate of drug-likeness (QED) is 0.462. The topological polar surface area (TPSA) is 84.0 Å². The molecule has 1 saturated heterocycles. The first kappa shape index (κ1) is 23.7. The lowest BCUT2D eigenvalue weighted by molar-refractivity contribution is -0.122. The van der Waals surface area contributed by atoms with Crippen LogP contribution in [0, 0.1) is 6.92 Å². The van der Waals surface area contributed by atoms with E-state index in [4.69, 9.17) is 4.74 Å². The lowest BCUT2D eigenvalue weighted by Crippen LogP contribution is -2.46. The lowest BCUT2D eigenvalue weighted by atomic mass is 10.1. The van der Waals surface area contributed by atoms with Gasteiger partial charge in [-0.2, -0.15) is 4.31 Å². The second-order valence-corrected chi connectivity index (χ2v) is 10.0. The number of anilines is 1. The third-order valence-electron chi connectivity index (χ3n) is 5.89. The molecule has 1 aliphatic heterocycles. The number of methoxy groups -OCH3 is 1. The first-order valence-electron chi connectivity index (χ1n) is 10.9.